The molecule has 0 fully saturated rings. The highest BCUT2D eigenvalue weighted by molar-refractivity contribution is 7.99. The van der Waals surface area contributed by atoms with Crippen LogP contribution >= 0.6 is 23.1 Å². The van der Waals surface area contributed by atoms with Crippen LogP contribution in [0, 0.1) is 31.0 Å². The number of nitriles is 1. The van der Waals surface area contributed by atoms with E-state index in [0.717, 1.165) is 22.2 Å². The molecule has 0 spiro atoms. The summed E-state index contributed by atoms with van der Waals surface area (Å²) in [5, 5.41) is 10.0. The van der Waals surface area contributed by atoms with Crippen LogP contribution in [0.15, 0.2) is 64.5 Å². The van der Waals surface area contributed by atoms with Gasteiger partial charge in [0.05, 0.1) is 29.3 Å². The van der Waals surface area contributed by atoms with Crippen molar-refractivity contribution in [2.75, 3.05) is 17.2 Å². The maximum atomic E-state index is 13.5. The standard InChI is InChI=1S/C25H21FN4O2S2/c1-16-17(2)34-23-22(16)24(32)30(20-7-4-3-5-8-20)25(28-23)33-15-21(31)29(14-6-13-27)19-11-9-18(26)10-12-19/h3-5,7-12H,6,14-15H2,1-2H3. The van der Waals surface area contributed by atoms with Crippen molar-refractivity contribution in [3.05, 3.63) is 81.2 Å². The van der Waals surface area contributed by atoms with Gasteiger partial charge in [-0.3, -0.25) is 14.2 Å². The van der Waals surface area contributed by atoms with Gasteiger partial charge in [-0.05, 0) is 55.8 Å². The molecular weight excluding hydrogens is 471 g/mol. The number of amides is 1. The number of anilines is 1. The van der Waals surface area contributed by atoms with Crippen LogP contribution in [0.25, 0.3) is 15.9 Å². The number of halogens is 1. The molecule has 4 rings (SSSR count). The van der Waals surface area contributed by atoms with Crippen LogP contribution in [0.2, 0.25) is 0 Å². The van der Waals surface area contributed by atoms with Crippen molar-refractivity contribution in [2.24, 2.45) is 0 Å². The van der Waals surface area contributed by atoms with Gasteiger partial charge in [0, 0.05) is 17.1 Å². The Balaban J connectivity index is 1.71. The number of hydrogen-bond acceptors (Lipinski definition) is 6. The van der Waals surface area contributed by atoms with Gasteiger partial charge >= 0.3 is 0 Å². The highest BCUT2D eigenvalue weighted by Crippen LogP contribution is 2.30. The van der Waals surface area contributed by atoms with E-state index in [-0.39, 0.29) is 30.2 Å². The van der Waals surface area contributed by atoms with Gasteiger partial charge in [-0.1, -0.05) is 30.0 Å². The van der Waals surface area contributed by atoms with E-state index >= 15 is 0 Å². The minimum Gasteiger partial charge on any atom is -0.311 e. The summed E-state index contributed by atoms with van der Waals surface area (Å²) in [7, 11) is 0. The van der Waals surface area contributed by atoms with Gasteiger partial charge in [-0.2, -0.15) is 5.26 Å². The van der Waals surface area contributed by atoms with Crippen molar-refractivity contribution in [3.63, 3.8) is 0 Å². The smallest absolute Gasteiger partial charge is 0.267 e. The Labute approximate surface area is 204 Å². The lowest BCUT2D eigenvalue weighted by Crippen LogP contribution is -2.33. The van der Waals surface area contributed by atoms with Gasteiger partial charge in [0.25, 0.3) is 5.56 Å². The number of nitrogens with zero attached hydrogens (tertiary/aromatic N) is 4. The first kappa shape index (κ1) is 23.7. The molecule has 0 aliphatic rings. The average molecular weight is 493 g/mol. The zero-order chi connectivity index (χ0) is 24.2. The quantitative estimate of drug-likeness (QED) is 0.260. The molecule has 1 amide bonds. The second-order valence-corrected chi connectivity index (χ2v) is 9.70. The third kappa shape index (κ3) is 4.74. The van der Waals surface area contributed by atoms with Crippen LogP contribution in [0.1, 0.15) is 16.9 Å². The van der Waals surface area contributed by atoms with Crippen LogP contribution < -0.4 is 10.5 Å². The lowest BCUT2D eigenvalue weighted by Gasteiger charge is -2.22. The third-order valence-corrected chi connectivity index (χ3v) is 7.42. The molecule has 34 heavy (non-hydrogen) atoms. The van der Waals surface area contributed by atoms with E-state index in [2.05, 4.69) is 0 Å². The number of para-hydroxylation sites is 1. The Morgan fingerprint density at radius 1 is 1.18 bits per heavy atom. The van der Waals surface area contributed by atoms with Crippen molar-refractivity contribution in [1.82, 2.24) is 9.55 Å². The maximum Gasteiger partial charge on any atom is 0.267 e. The molecule has 0 radical (unpaired) electrons. The number of thiophene rings is 1. The van der Waals surface area contributed by atoms with Crippen LogP contribution in [-0.2, 0) is 4.79 Å². The van der Waals surface area contributed by atoms with Crippen LogP contribution in [-0.4, -0.2) is 27.8 Å². The molecule has 2 aromatic heterocycles. The number of carbonyl (C=O) groups is 1. The van der Waals surface area contributed by atoms with Gasteiger partial charge in [0.15, 0.2) is 5.16 Å². The number of benzene rings is 2. The predicted octanol–water partition coefficient (Wildman–Crippen LogP) is 5.24. The van der Waals surface area contributed by atoms with E-state index in [0.29, 0.717) is 26.7 Å². The van der Waals surface area contributed by atoms with E-state index < -0.39 is 5.82 Å². The number of hydrogen-bond donors (Lipinski definition) is 0. The fraction of sp³-hybridized carbons (Fsp3) is 0.200. The second kappa shape index (κ2) is 10.2. The van der Waals surface area contributed by atoms with Crippen molar-refractivity contribution >= 4 is 44.9 Å². The molecule has 0 bridgehead atoms. The van der Waals surface area contributed by atoms with Crippen LogP contribution in [0.3, 0.4) is 0 Å². The van der Waals surface area contributed by atoms with Crippen molar-refractivity contribution in [2.45, 2.75) is 25.4 Å². The van der Waals surface area contributed by atoms with Gasteiger partial charge < -0.3 is 4.90 Å². The summed E-state index contributed by atoms with van der Waals surface area (Å²) in [6.07, 6.45) is 0.139. The SMILES string of the molecule is Cc1sc2nc(SCC(=O)N(CCC#N)c3ccc(F)cc3)n(-c3ccccc3)c(=O)c2c1C. The summed E-state index contributed by atoms with van der Waals surface area (Å²) >= 11 is 2.62. The van der Waals surface area contributed by atoms with Gasteiger partial charge in [-0.25, -0.2) is 9.37 Å². The van der Waals surface area contributed by atoms with Gasteiger partial charge in [-0.15, -0.1) is 11.3 Å². The summed E-state index contributed by atoms with van der Waals surface area (Å²) in [5.41, 5.74) is 1.91. The minimum absolute atomic E-state index is 0.00305. The molecule has 2 heterocycles. The third-order valence-electron chi connectivity index (χ3n) is 5.40. The molecule has 0 unspecified atom stereocenters. The summed E-state index contributed by atoms with van der Waals surface area (Å²) in [5.74, 6) is -0.673. The molecule has 0 atom stereocenters. The summed E-state index contributed by atoms with van der Waals surface area (Å²) in [6, 6.07) is 16.8. The largest absolute Gasteiger partial charge is 0.311 e. The Morgan fingerprint density at radius 2 is 1.88 bits per heavy atom. The zero-order valence-electron chi connectivity index (χ0n) is 18.6. The fourth-order valence-electron chi connectivity index (χ4n) is 3.56. The van der Waals surface area contributed by atoms with E-state index in [1.807, 2.05) is 50.2 Å². The molecule has 2 aromatic carbocycles. The fourth-order valence-corrected chi connectivity index (χ4v) is 5.52. The van der Waals surface area contributed by atoms with Gasteiger partial charge in [0.1, 0.15) is 10.6 Å². The number of aryl methyl sites for hydroxylation is 2. The zero-order valence-corrected chi connectivity index (χ0v) is 20.3. The maximum absolute atomic E-state index is 13.5. The average Bonchev–Trinajstić information content (AvgIpc) is 3.13. The Bertz CT molecular complexity index is 1440. The van der Waals surface area contributed by atoms with Crippen molar-refractivity contribution in [3.8, 4) is 11.8 Å². The van der Waals surface area contributed by atoms with Crippen molar-refractivity contribution in [1.29, 1.82) is 5.26 Å². The number of fused-ring (bicyclic) bond motifs is 1. The molecule has 0 aliphatic carbocycles. The summed E-state index contributed by atoms with van der Waals surface area (Å²) < 4.78 is 14.9. The number of rotatable bonds is 7. The van der Waals surface area contributed by atoms with Crippen LogP contribution in [0.4, 0.5) is 10.1 Å². The highest BCUT2D eigenvalue weighted by Gasteiger charge is 2.21. The van der Waals surface area contributed by atoms with Gasteiger partial charge in [0.2, 0.25) is 5.91 Å². The summed E-state index contributed by atoms with van der Waals surface area (Å²) in [6.45, 7) is 4.06. The molecule has 172 valence electrons. The molecule has 6 nitrogen and oxygen atoms in total. The first-order chi connectivity index (χ1) is 16.4. The van der Waals surface area contributed by atoms with E-state index in [1.165, 1.54) is 45.1 Å². The molecule has 0 aliphatic heterocycles. The molecule has 0 N–H and O–H groups in total. The van der Waals surface area contributed by atoms with Crippen molar-refractivity contribution < 1.29 is 9.18 Å². The Hall–Kier alpha value is -3.48. The Morgan fingerprint density at radius 3 is 2.56 bits per heavy atom. The van der Waals surface area contributed by atoms with E-state index in [4.69, 9.17) is 10.2 Å². The van der Waals surface area contributed by atoms with Crippen LogP contribution in [0.5, 0.6) is 0 Å². The minimum atomic E-state index is -0.406. The highest BCUT2D eigenvalue weighted by atomic mass is 32.2. The summed E-state index contributed by atoms with van der Waals surface area (Å²) in [4.78, 5) is 34.5. The molecule has 4 aromatic rings. The first-order valence-electron chi connectivity index (χ1n) is 10.5. The Kier molecular flexibility index (Phi) is 7.10. The number of aromatic nitrogens is 2. The lowest BCUT2D eigenvalue weighted by molar-refractivity contribution is -0.116. The van der Waals surface area contributed by atoms with E-state index in [9.17, 15) is 14.0 Å². The normalized spacial score (nSPS) is 10.9. The topological polar surface area (TPSA) is 79.0 Å². The number of carbonyl (C=O) groups excluding carboxylic acids is 1. The molecule has 0 saturated heterocycles. The predicted molar refractivity (Wildman–Crippen MR) is 134 cm³/mol. The second-order valence-electron chi connectivity index (χ2n) is 7.55. The molecular formula is C25H21FN4O2S2. The monoisotopic (exact) mass is 492 g/mol. The number of thioether (sulfide) groups is 1. The van der Waals surface area contributed by atoms with E-state index in [1.54, 1.807) is 0 Å². The molecule has 9 heteroatoms. The lowest BCUT2D eigenvalue weighted by atomic mass is 10.2. The molecule has 0 saturated carbocycles. The first-order valence-corrected chi connectivity index (χ1v) is 12.3.